The SMILES string of the molecule is O=[N+]([O-])c1cnc(C(O)C(F)(F)F)[nH]1. The molecule has 1 heterocycles. The molecule has 0 amide bonds. The van der Waals surface area contributed by atoms with Crippen LogP contribution in [0.1, 0.15) is 11.9 Å². The van der Waals surface area contributed by atoms with E-state index in [1.165, 1.54) is 0 Å². The van der Waals surface area contributed by atoms with Crippen LogP contribution in [0.2, 0.25) is 0 Å². The number of imidazole rings is 1. The molecular weight excluding hydrogens is 207 g/mol. The second-order valence-electron chi connectivity index (χ2n) is 2.35. The lowest BCUT2D eigenvalue weighted by Crippen LogP contribution is -2.21. The van der Waals surface area contributed by atoms with Gasteiger partial charge in [0, 0.05) is 0 Å². The van der Waals surface area contributed by atoms with E-state index in [2.05, 4.69) is 4.98 Å². The van der Waals surface area contributed by atoms with E-state index in [9.17, 15) is 23.3 Å². The summed E-state index contributed by atoms with van der Waals surface area (Å²) in [5.74, 6) is -1.60. The highest BCUT2D eigenvalue weighted by atomic mass is 19.4. The highest BCUT2D eigenvalue weighted by Crippen LogP contribution is 2.31. The number of alkyl halides is 3. The van der Waals surface area contributed by atoms with Crippen LogP contribution < -0.4 is 0 Å². The standard InChI is InChI=1S/C5H4F3N3O3/c6-5(7,8)3(12)4-9-1-2(10-4)11(13)14/h1,3,12H,(H,9,10). The Morgan fingerprint density at radius 2 is 2.21 bits per heavy atom. The molecule has 1 rings (SSSR count). The number of hydrogen-bond acceptors (Lipinski definition) is 4. The fourth-order valence-electron chi connectivity index (χ4n) is 0.713. The van der Waals surface area contributed by atoms with Crippen LogP contribution in [-0.2, 0) is 0 Å². The first-order valence-corrected chi connectivity index (χ1v) is 3.26. The summed E-state index contributed by atoms with van der Waals surface area (Å²) in [6.07, 6.45) is -7.13. The fraction of sp³-hybridized carbons (Fsp3) is 0.400. The zero-order valence-corrected chi connectivity index (χ0v) is 6.45. The van der Waals surface area contributed by atoms with Gasteiger partial charge in [0.05, 0.1) is 0 Å². The fourth-order valence-corrected chi connectivity index (χ4v) is 0.713. The van der Waals surface area contributed by atoms with Crippen molar-refractivity contribution in [2.75, 3.05) is 0 Å². The molecule has 0 aliphatic carbocycles. The van der Waals surface area contributed by atoms with Crippen LogP contribution in [0.5, 0.6) is 0 Å². The van der Waals surface area contributed by atoms with Gasteiger partial charge in [-0.3, -0.25) is 0 Å². The number of aromatic amines is 1. The van der Waals surface area contributed by atoms with Gasteiger partial charge in [-0.25, -0.2) is 9.97 Å². The molecule has 1 unspecified atom stereocenters. The van der Waals surface area contributed by atoms with Crippen LogP contribution in [0, 0.1) is 10.1 Å². The minimum absolute atomic E-state index is 0.601. The minimum atomic E-state index is -4.90. The van der Waals surface area contributed by atoms with Crippen LogP contribution in [0.15, 0.2) is 6.20 Å². The molecule has 0 radical (unpaired) electrons. The molecule has 0 saturated heterocycles. The molecule has 1 aromatic rings. The number of aliphatic hydroxyl groups excluding tert-OH is 1. The number of aromatic nitrogens is 2. The van der Waals surface area contributed by atoms with Gasteiger partial charge in [-0.2, -0.15) is 13.2 Å². The maximum Gasteiger partial charge on any atom is 0.423 e. The summed E-state index contributed by atoms with van der Waals surface area (Å²) < 4.78 is 35.6. The summed E-state index contributed by atoms with van der Waals surface area (Å²) in [6, 6.07) is 0. The molecule has 0 spiro atoms. The third kappa shape index (κ3) is 1.99. The summed E-state index contributed by atoms with van der Waals surface area (Å²) in [5.41, 5.74) is 0. The van der Waals surface area contributed by atoms with Crippen molar-refractivity contribution in [3.63, 3.8) is 0 Å². The lowest BCUT2D eigenvalue weighted by Gasteiger charge is -2.08. The van der Waals surface area contributed by atoms with Crippen molar-refractivity contribution in [1.82, 2.24) is 9.97 Å². The smallest absolute Gasteiger partial charge is 0.375 e. The van der Waals surface area contributed by atoms with E-state index in [0.29, 0.717) is 6.20 Å². The van der Waals surface area contributed by atoms with E-state index in [1.807, 2.05) is 0 Å². The van der Waals surface area contributed by atoms with E-state index < -0.39 is 28.8 Å². The Hall–Kier alpha value is -1.64. The predicted molar refractivity (Wildman–Crippen MR) is 36.3 cm³/mol. The third-order valence-corrected chi connectivity index (χ3v) is 1.35. The van der Waals surface area contributed by atoms with Crippen LogP contribution in [0.25, 0.3) is 0 Å². The van der Waals surface area contributed by atoms with Gasteiger partial charge >= 0.3 is 12.0 Å². The van der Waals surface area contributed by atoms with E-state index in [0.717, 1.165) is 0 Å². The summed E-state index contributed by atoms with van der Waals surface area (Å²) in [7, 11) is 0. The minimum Gasteiger partial charge on any atom is -0.375 e. The number of nitrogens with zero attached hydrogens (tertiary/aromatic N) is 2. The van der Waals surface area contributed by atoms with Crippen molar-refractivity contribution >= 4 is 5.82 Å². The Morgan fingerprint density at radius 1 is 1.64 bits per heavy atom. The van der Waals surface area contributed by atoms with Gasteiger partial charge < -0.3 is 15.2 Å². The molecule has 9 heteroatoms. The molecule has 0 aliphatic heterocycles. The summed E-state index contributed by atoms with van der Waals surface area (Å²) >= 11 is 0. The van der Waals surface area contributed by atoms with Crippen molar-refractivity contribution in [3.8, 4) is 0 Å². The van der Waals surface area contributed by atoms with Gasteiger partial charge in [-0.15, -0.1) is 0 Å². The Bertz CT molecular complexity index is 347. The monoisotopic (exact) mass is 211 g/mol. The summed E-state index contributed by atoms with van der Waals surface area (Å²) in [4.78, 5) is 13.9. The maximum atomic E-state index is 11.9. The zero-order valence-electron chi connectivity index (χ0n) is 6.45. The highest BCUT2D eigenvalue weighted by molar-refractivity contribution is 5.16. The van der Waals surface area contributed by atoms with Gasteiger partial charge in [-0.1, -0.05) is 0 Å². The number of nitro groups is 1. The number of H-pyrrole nitrogens is 1. The third-order valence-electron chi connectivity index (χ3n) is 1.35. The Labute approximate surface area is 74.5 Å². The molecule has 78 valence electrons. The van der Waals surface area contributed by atoms with Gasteiger partial charge in [0.25, 0.3) is 0 Å². The van der Waals surface area contributed by atoms with E-state index in [-0.39, 0.29) is 0 Å². The van der Waals surface area contributed by atoms with Crippen LogP contribution in [0.4, 0.5) is 19.0 Å². The average molecular weight is 211 g/mol. The topological polar surface area (TPSA) is 92.1 Å². The summed E-state index contributed by atoms with van der Waals surface area (Å²) in [6.45, 7) is 0. The Kier molecular flexibility index (Phi) is 2.43. The molecule has 6 nitrogen and oxygen atoms in total. The zero-order chi connectivity index (χ0) is 10.9. The molecule has 1 aromatic heterocycles. The second kappa shape index (κ2) is 3.25. The maximum absolute atomic E-state index is 11.9. The van der Waals surface area contributed by atoms with Crippen LogP contribution in [0.3, 0.4) is 0 Å². The Balaban J connectivity index is 2.92. The van der Waals surface area contributed by atoms with Crippen molar-refractivity contribution in [2.45, 2.75) is 12.3 Å². The van der Waals surface area contributed by atoms with Gasteiger partial charge in [-0.05, 0) is 4.92 Å². The van der Waals surface area contributed by atoms with E-state index in [1.54, 1.807) is 4.98 Å². The van der Waals surface area contributed by atoms with Gasteiger partial charge in [0.15, 0.2) is 0 Å². The van der Waals surface area contributed by atoms with E-state index in [4.69, 9.17) is 5.11 Å². The molecule has 1 atom stereocenters. The average Bonchev–Trinajstić information content (AvgIpc) is 2.48. The molecule has 0 aliphatic rings. The van der Waals surface area contributed by atoms with Crippen molar-refractivity contribution in [3.05, 3.63) is 22.1 Å². The molecule has 14 heavy (non-hydrogen) atoms. The molecule has 0 bridgehead atoms. The Morgan fingerprint density at radius 3 is 2.57 bits per heavy atom. The molecule has 0 aromatic carbocycles. The van der Waals surface area contributed by atoms with Crippen LogP contribution >= 0.6 is 0 Å². The lowest BCUT2D eigenvalue weighted by atomic mass is 10.3. The quantitative estimate of drug-likeness (QED) is 0.561. The lowest BCUT2D eigenvalue weighted by molar-refractivity contribution is -0.389. The molecule has 2 N–H and O–H groups in total. The van der Waals surface area contributed by atoms with Crippen molar-refractivity contribution < 1.29 is 23.2 Å². The number of aliphatic hydroxyl groups is 1. The largest absolute Gasteiger partial charge is 0.423 e. The second-order valence-corrected chi connectivity index (χ2v) is 2.35. The first-order chi connectivity index (χ1) is 6.32. The van der Waals surface area contributed by atoms with Crippen molar-refractivity contribution in [2.24, 2.45) is 0 Å². The van der Waals surface area contributed by atoms with Crippen LogP contribution in [-0.4, -0.2) is 26.2 Å². The predicted octanol–water partition coefficient (Wildman–Crippen LogP) is 0.914. The molecule has 0 saturated carbocycles. The molecule has 0 fully saturated rings. The number of halogens is 3. The summed E-state index contributed by atoms with van der Waals surface area (Å²) in [5, 5.41) is 18.7. The van der Waals surface area contributed by atoms with Gasteiger partial charge in [0.1, 0.15) is 6.20 Å². The normalized spacial score (nSPS) is 14.0. The van der Waals surface area contributed by atoms with Gasteiger partial charge in [0.2, 0.25) is 11.9 Å². The number of rotatable bonds is 2. The number of nitrogens with one attached hydrogen (secondary N) is 1. The highest BCUT2D eigenvalue weighted by Gasteiger charge is 2.43. The molecular formula is C5H4F3N3O3. The van der Waals surface area contributed by atoms with Crippen molar-refractivity contribution in [1.29, 1.82) is 0 Å². The first-order valence-electron chi connectivity index (χ1n) is 3.26. The first kappa shape index (κ1) is 10.4. The van der Waals surface area contributed by atoms with E-state index >= 15 is 0 Å². The number of hydrogen-bond donors (Lipinski definition) is 2.